The van der Waals surface area contributed by atoms with E-state index in [9.17, 15) is 4.79 Å². The number of amides is 1. The van der Waals surface area contributed by atoms with E-state index in [-0.39, 0.29) is 5.91 Å². The lowest BCUT2D eigenvalue weighted by atomic mass is 10.2. The number of hydrogen-bond donors (Lipinski definition) is 2. The average molecular weight is 334 g/mol. The molecular weight excluding hydrogens is 328 g/mol. The first-order valence-electron chi connectivity index (χ1n) is 4.41. The molecule has 0 saturated carbocycles. The molecule has 0 bridgehead atoms. The fraction of sp³-hybridized carbons (Fsp3) is 0. The number of nitrogens with two attached hydrogens (primary N) is 1. The highest BCUT2D eigenvalue weighted by molar-refractivity contribution is 9.10. The van der Waals surface area contributed by atoms with Crippen molar-refractivity contribution in [3.05, 3.63) is 33.3 Å². The molecule has 0 spiro atoms. The van der Waals surface area contributed by atoms with Gasteiger partial charge in [0.2, 0.25) is 10.3 Å². The number of nitrogen functional groups attached to an aromatic ring is 1. The summed E-state index contributed by atoms with van der Waals surface area (Å²) in [6.07, 6.45) is 0. The maximum Gasteiger partial charge on any atom is 0.259 e. The molecule has 3 N–H and O–H groups in total. The van der Waals surface area contributed by atoms with Crippen molar-refractivity contribution in [2.45, 2.75) is 0 Å². The lowest BCUT2D eigenvalue weighted by Gasteiger charge is -2.03. The van der Waals surface area contributed by atoms with E-state index in [1.54, 1.807) is 18.2 Å². The van der Waals surface area contributed by atoms with Crippen LogP contribution in [0.15, 0.2) is 22.7 Å². The third kappa shape index (κ3) is 2.93. The molecule has 1 heterocycles. The number of rotatable bonds is 2. The van der Waals surface area contributed by atoms with E-state index in [0.717, 1.165) is 15.8 Å². The van der Waals surface area contributed by atoms with Crippen molar-refractivity contribution in [1.29, 1.82) is 0 Å². The summed E-state index contributed by atoms with van der Waals surface area (Å²) in [4.78, 5) is 11.8. The Morgan fingerprint density at radius 2 is 2.24 bits per heavy atom. The van der Waals surface area contributed by atoms with E-state index in [1.807, 2.05) is 0 Å². The van der Waals surface area contributed by atoms with Crippen LogP contribution in [0.4, 0.5) is 10.3 Å². The van der Waals surface area contributed by atoms with Gasteiger partial charge in [0, 0.05) is 4.47 Å². The van der Waals surface area contributed by atoms with Crippen LogP contribution in [0.1, 0.15) is 10.4 Å². The topological polar surface area (TPSA) is 80.9 Å². The predicted octanol–water partition coefficient (Wildman–Crippen LogP) is 2.79. The molecule has 2 rings (SSSR count). The fourth-order valence-electron chi connectivity index (χ4n) is 1.12. The van der Waals surface area contributed by atoms with Crippen molar-refractivity contribution in [1.82, 2.24) is 10.2 Å². The molecule has 0 atom stereocenters. The molecule has 1 aromatic carbocycles. The molecule has 8 heteroatoms. The van der Waals surface area contributed by atoms with Crippen LogP contribution in [-0.2, 0) is 0 Å². The zero-order valence-corrected chi connectivity index (χ0v) is 11.4. The largest absolute Gasteiger partial charge is 0.374 e. The third-order valence-corrected chi connectivity index (χ3v) is 3.31. The zero-order chi connectivity index (χ0) is 12.4. The molecule has 5 nitrogen and oxygen atoms in total. The smallest absolute Gasteiger partial charge is 0.259 e. The number of aromatic nitrogens is 2. The van der Waals surface area contributed by atoms with Crippen LogP contribution in [-0.4, -0.2) is 16.1 Å². The number of hydrogen-bond acceptors (Lipinski definition) is 5. The van der Waals surface area contributed by atoms with Gasteiger partial charge in [-0.15, -0.1) is 10.2 Å². The molecule has 17 heavy (non-hydrogen) atoms. The molecule has 0 aliphatic rings. The number of nitrogens with one attached hydrogen (secondary N) is 1. The molecule has 0 radical (unpaired) electrons. The maximum absolute atomic E-state index is 11.8. The van der Waals surface area contributed by atoms with Gasteiger partial charge < -0.3 is 5.73 Å². The quantitative estimate of drug-likeness (QED) is 0.885. The van der Waals surface area contributed by atoms with Gasteiger partial charge >= 0.3 is 0 Å². The van der Waals surface area contributed by atoms with E-state index < -0.39 is 0 Å². The Bertz CT molecular complexity index is 574. The van der Waals surface area contributed by atoms with E-state index in [2.05, 4.69) is 31.4 Å². The summed E-state index contributed by atoms with van der Waals surface area (Å²) >= 11 is 10.3. The van der Waals surface area contributed by atoms with Gasteiger partial charge in [-0.25, -0.2) is 0 Å². The zero-order valence-electron chi connectivity index (χ0n) is 8.28. The van der Waals surface area contributed by atoms with Crippen LogP contribution >= 0.6 is 38.9 Å². The Morgan fingerprint density at radius 3 is 2.82 bits per heavy atom. The summed E-state index contributed by atoms with van der Waals surface area (Å²) in [5, 5.41) is 10.8. The number of nitrogens with zero attached hydrogens (tertiary/aromatic N) is 2. The molecule has 0 aliphatic heterocycles. The van der Waals surface area contributed by atoms with Gasteiger partial charge in [-0.2, -0.15) is 0 Å². The van der Waals surface area contributed by atoms with Crippen LogP contribution in [0, 0.1) is 0 Å². The van der Waals surface area contributed by atoms with E-state index in [4.69, 9.17) is 17.3 Å². The third-order valence-electron chi connectivity index (χ3n) is 1.84. The summed E-state index contributed by atoms with van der Waals surface area (Å²) in [6, 6.07) is 4.99. The van der Waals surface area contributed by atoms with E-state index >= 15 is 0 Å². The molecule has 88 valence electrons. The van der Waals surface area contributed by atoms with Gasteiger partial charge in [0.05, 0.1) is 10.6 Å². The second-order valence-corrected chi connectivity index (χ2v) is 5.36. The van der Waals surface area contributed by atoms with Crippen LogP contribution in [0.2, 0.25) is 5.02 Å². The minimum absolute atomic E-state index is 0.294. The Morgan fingerprint density at radius 1 is 1.47 bits per heavy atom. The first-order chi connectivity index (χ1) is 8.06. The number of anilines is 2. The van der Waals surface area contributed by atoms with Crippen LogP contribution in [0.3, 0.4) is 0 Å². The second kappa shape index (κ2) is 4.99. The van der Waals surface area contributed by atoms with Gasteiger partial charge in [-0.3, -0.25) is 10.1 Å². The predicted molar refractivity (Wildman–Crippen MR) is 71.4 cm³/mol. The number of halogens is 2. The van der Waals surface area contributed by atoms with Gasteiger partial charge in [0.25, 0.3) is 5.91 Å². The van der Waals surface area contributed by atoms with Crippen molar-refractivity contribution in [3.8, 4) is 0 Å². The normalized spacial score (nSPS) is 10.2. The Balaban J connectivity index is 2.20. The van der Waals surface area contributed by atoms with Crippen molar-refractivity contribution in [2.75, 3.05) is 11.1 Å². The summed E-state index contributed by atoms with van der Waals surface area (Å²) in [5.41, 5.74) is 5.77. The first kappa shape index (κ1) is 12.3. The highest BCUT2D eigenvalue weighted by Crippen LogP contribution is 2.23. The monoisotopic (exact) mass is 332 g/mol. The average Bonchev–Trinajstić information content (AvgIpc) is 2.63. The van der Waals surface area contributed by atoms with Crippen molar-refractivity contribution < 1.29 is 4.79 Å². The van der Waals surface area contributed by atoms with Gasteiger partial charge in [-0.1, -0.05) is 38.9 Å². The first-order valence-corrected chi connectivity index (χ1v) is 6.40. The van der Waals surface area contributed by atoms with Gasteiger partial charge in [-0.05, 0) is 18.2 Å². The van der Waals surface area contributed by atoms with E-state index in [0.29, 0.717) is 20.8 Å². The summed E-state index contributed by atoms with van der Waals surface area (Å²) < 4.78 is 0.805. The summed E-state index contributed by atoms with van der Waals surface area (Å²) in [7, 11) is 0. The lowest BCUT2D eigenvalue weighted by Crippen LogP contribution is -2.12. The Labute approximate surface area is 114 Å². The SMILES string of the molecule is Nc1nnc(NC(=O)c2ccc(Br)cc2Cl)s1. The second-order valence-electron chi connectivity index (χ2n) is 3.02. The Kier molecular flexibility index (Phi) is 3.60. The molecule has 0 unspecified atom stereocenters. The molecular formula is C9H6BrClN4OS. The highest BCUT2D eigenvalue weighted by atomic mass is 79.9. The number of carbonyl (C=O) groups excluding carboxylic acids is 1. The molecule has 2 aromatic rings. The molecule has 0 fully saturated rings. The highest BCUT2D eigenvalue weighted by Gasteiger charge is 2.12. The van der Waals surface area contributed by atoms with Crippen molar-refractivity contribution in [3.63, 3.8) is 0 Å². The van der Waals surface area contributed by atoms with Crippen LogP contribution in [0.25, 0.3) is 0 Å². The molecule has 0 saturated heterocycles. The number of carbonyl (C=O) groups is 1. The minimum atomic E-state index is -0.348. The van der Waals surface area contributed by atoms with Crippen molar-refractivity contribution >= 4 is 55.0 Å². The standard InChI is InChI=1S/C9H6BrClN4OS/c10-4-1-2-5(6(11)3-4)7(16)13-9-15-14-8(12)17-9/h1-3H,(H2,12,14)(H,13,15,16). The number of benzene rings is 1. The fourth-order valence-corrected chi connectivity index (χ4v) is 2.39. The van der Waals surface area contributed by atoms with Crippen LogP contribution < -0.4 is 11.1 Å². The summed E-state index contributed by atoms with van der Waals surface area (Å²) in [5.74, 6) is -0.348. The molecule has 0 aliphatic carbocycles. The maximum atomic E-state index is 11.8. The summed E-state index contributed by atoms with van der Waals surface area (Å²) in [6.45, 7) is 0. The minimum Gasteiger partial charge on any atom is -0.374 e. The molecule has 1 amide bonds. The molecule has 1 aromatic heterocycles. The lowest BCUT2D eigenvalue weighted by molar-refractivity contribution is 0.102. The Hall–Kier alpha value is -1.18. The van der Waals surface area contributed by atoms with Gasteiger partial charge in [0.1, 0.15) is 0 Å². The van der Waals surface area contributed by atoms with Crippen molar-refractivity contribution in [2.24, 2.45) is 0 Å². The van der Waals surface area contributed by atoms with E-state index in [1.165, 1.54) is 0 Å². The van der Waals surface area contributed by atoms with Crippen LogP contribution in [0.5, 0.6) is 0 Å². The van der Waals surface area contributed by atoms with Gasteiger partial charge in [0.15, 0.2) is 0 Å².